The van der Waals surface area contributed by atoms with Crippen molar-refractivity contribution in [3.05, 3.63) is 76.5 Å². The minimum atomic E-state index is -0.454. The van der Waals surface area contributed by atoms with E-state index in [1.807, 2.05) is 6.92 Å². The largest absolute Gasteiger partial charge is 0.361 e. The molecule has 0 aliphatic rings. The smallest absolute Gasteiger partial charge is 0.256 e. The molecule has 132 valence electrons. The molecule has 0 unspecified atom stereocenters. The van der Waals surface area contributed by atoms with Crippen LogP contribution in [0.1, 0.15) is 29.3 Å². The second-order valence-corrected chi connectivity index (χ2v) is 5.90. The molecule has 2 aromatic rings. The first-order chi connectivity index (χ1) is 12.6. The van der Waals surface area contributed by atoms with E-state index >= 15 is 0 Å². The Morgan fingerprint density at radius 1 is 1.15 bits per heavy atom. The Labute approximate surface area is 158 Å². The van der Waals surface area contributed by atoms with Crippen molar-refractivity contribution in [3.8, 4) is 12.3 Å². The Morgan fingerprint density at radius 3 is 2.46 bits per heavy atom. The molecule has 1 amide bonds. The van der Waals surface area contributed by atoms with Gasteiger partial charge < -0.3 is 10.6 Å². The minimum Gasteiger partial charge on any atom is -0.361 e. The Hall–Kier alpha value is -3.03. The van der Waals surface area contributed by atoms with Crippen molar-refractivity contribution in [1.82, 2.24) is 5.32 Å². The molecular weight excluding hydrogens is 348 g/mol. The predicted molar refractivity (Wildman–Crippen MR) is 105 cm³/mol. The quantitative estimate of drug-likeness (QED) is 0.256. The number of carbonyl (C=O) groups excluding carboxylic acids is 2. The van der Waals surface area contributed by atoms with Crippen molar-refractivity contribution in [2.45, 2.75) is 13.3 Å². The Balaban J connectivity index is 2.30. The summed E-state index contributed by atoms with van der Waals surface area (Å²) in [5, 5.41) is 5.98. The molecule has 0 atom stereocenters. The van der Waals surface area contributed by atoms with Crippen molar-refractivity contribution in [2.24, 2.45) is 0 Å². The van der Waals surface area contributed by atoms with Crippen LogP contribution >= 0.6 is 11.6 Å². The summed E-state index contributed by atoms with van der Waals surface area (Å²) >= 11 is 6.10. The number of hydrogen-bond donors (Lipinski definition) is 2. The lowest BCUT2D eigenvalue weighted by Crippen LogP contribution is -2.29. The SMILES string of the molecule is C#Cc1ccc(NC=C(C(=O)NCCC)C(=O)c2ccccc2Cl)cc1. The van der Waals surface area contributed by atoms with E-state index in [-0.39, 0.29) is 11.1 Å². The Morgan fingerprint density at radius 2 is 1.85 bits per heavy atom. The van der Waals surface area contributed by atoms with Crippen LogP contribution in [0.3, 0.4) is 0 Å². The Kier molecular flexibility index (Phi) is 7.02. The van der Waals surface area contributed by atoms with Crippen LogP contribution in [0.15, 0.2) is 60.3 Å². The molecule has 2 N–H and O–H groups in total. The number of hydrogen-bond acceptors (Lipinski definition) is 3. The van der Waals surface area contributed by atoms with Crippen molar-refractivity contribution in [3.63, 3.8) is 0 Å². The normalized spacial score (nSPS) is 10.7. The third-order valence-electron chi connectivity index (χ3n) is 3.58. The highest BCUT2D eigenvalue weighted by Crippen LogP contribution is 2.19. The maximum absolute atomic E-state index is 12.8. The van der Waals surface area contributed by atoms with E-state index in [0.29, 0.717) is 17.3 Å². The molecule has 0 aliphatic carbocycles. The number of rotatable bonds is 7. The van der Waals surface area contributed by atoms with Gasteiger partial charge in [-0.1, -0.05) is 36.6 Å². The minimum absolute atomic E-state index is 0.0208. The summed E-state index contributed by atoms with van der Waals surface area (Å²) in [5.74, 6) is 1.63. The van der Waals surface area contributed by atoms with Gasteiger partial charge in [0.1, 0.15) is 5.57 Å². The summed E-state index contributed by atoms with van der Waals surface area (Å²) in [4.78, 5) is 25.3. The third-order valence-corrected chi connectivity index (χ3v) is 3.91. The number of Topliss-reactive ketones (excluding diaryl/α,β-unsaturated/α-hetero) is 1. The molecular formula is C21H19ClN2O2. The second-order valence-electron chi connectivity index (χ2n) is 5.49. The number of terminal acetylenes is 1. The summed E-state index contributed by atoms with van der Waals surface area (Å²) in [6.45, 7) is 2.41. The van der Waals surface area contributed by atoms with Gasteiger partial charge in [-0.25, -0.2) is 0 Å². The fraction of sp³-hybridized carbons (Fsp3) is 0.143. The molecule has 2 aromatic carbocycles. The first-order valence-corrected chi connectivity index (χ1v) is 8.55. The van der Waals surface area contributed by atoms with Gasteiger partial charge in [0.2, 0.25) is 5.78 Å². The van der Waals surface area contributed by atoms with E-state index in [2.05, 4.69) is 16.6 Å². The van der Waals surface area contributed by atoms with E-state index in [1.54, 1.807) is 48.5 Å². The van der Waals surface area contributed by atoms with Gasteiger partial charge in [-0.2, -0.15) is 0 Å². The zero-order valence-electron chi connectivity index (χ0n) is 14.4. The molecule has 0 spiro atoms. The third kappa shape index (κ3) is 4.98. The first kappa shape index (κ1) is 19.3. The lowest BCUT2D eigenvalue weighted by atomic mass is 10.0. The molecule has 0 saturated carbocycles. The number of benzene rings is 2. The predicted octanol–water partition coefficient (Wildman–Crippen LogP) is 4.03. The zero-order chi connectivity index (χ0) is 18.9. The lowest BCUT2D eigenvalue weighted by Gasteiger charge is -2.10. The van der Waals surface area contributed by atoms with Crippen molar-refractivity contribution in [1.29, 1.82) is 0 Å². The molecule has 2 rings (SSSR count). The molecule has 0 saturated heterocycles. The van der Waals surface area contributed by atoms with Crippen molar-refractivity contribution >= 4 is 29.0 Å². The number of ketones is 1. The van der Waals surface area contributed by atoms with Gasteiger partial charge in [0, 0.05) is 29.6 Å². The van der Waals surface area contributed by atoms with Crippen LogP contribution in [-0.2, 0) is 4.79 Å². The average Bonchev–Trinajstić information content (AvgIpc) is 2.67. The van der Waals surface area contributed by atoms with E-state index in [0.717, 1.165) is 12.0 Å². The monoisotopic (exact) mass is 366 g/mol. The molecule has 0 bridgehead atoms. The zero-order valence-corrected chi connectivity index (χ0v) is 15.1. The molecule has 0 aromatic heterocycles. The summed E-state index contributed by atoms with van der Waals surface area (Å²) < 4.78 is 0. The fourth-order valence-electron chi connectivity index (χ4n) is 2.18. The van der Waals surface area contributed by atoms with Crippen molar-refractivity contribution in [2.75, 3.05) is 11.9 Å². The van der Waals surface area contributed by atoms with Crippen LogP contribution in [0.25, 0.3) is 0 Å². The number of anilines is 1. The lowest BCUT2D eigenvalue weighted by molar-refractivity contribution is -0.117. The van der Waals surface area contributed by atoms with E-state index in [9.17, 15) is 9.59 Å². The highest BCUT2D eigenvalue weighted by atomic mass is 35.5. The van der Waals surface area contributed by atoms with Gasteiger partial charge in [0.15, 0.2) is 0 Å². The van der Waals surface area contributed by atoms with Gasteiger partial charge in [-0.3, -0.25) is 9.59 Å². The van der Waals surface area contributed by atoms with Crippen LogP contribution in [0, 0.1) is 12.3 Å². The molecule has 0 radical (unpaired) electrons. The molecule has 0 aliphatic heterocycles. The summed E-state index contributed by atoms with van der Waals surface area (Å²) in [6, 6.07) is 13.7. The highest BCUT2D eigenvalue weighted by Gasteiger charge is 2.21. The topological polar surface area (TPSA) is 58.2 Å². The maximum Gasteiger partial charge on any atom is 0.256 e. The first-order valence-electron chi connectivity index (χ1n) is 8.17. The van der Waals surface area contributed by atoms with Gasteiger partial charge >= 0.3 is 0 Å². The standard InChI is InChI=1S/C21H19ClN2O2/c1-3-13-23-21(26)18(20(25)17-7-5-6-8-19(17)22)14-24-16-11-9-15(4-2)10-12-16/h2,5-12,14,24H,3,13H2,1H3,(H,23,26). The maximum atomic E-state index is 12.8. The Bertz CT molecular complexity index is 864. The van der Waals surface area contributed by atoms with Crippen LogP contribution in [0.5, 0.6) is 0 Å². The molecule has 26 heavy (non-hydrogen) atoms. The molecule has 0 fully saturated rings. The summed E-state index contributed by atoms with van der Waals surface area (Å²) in [7, 11) is 0. The van der Waals surface area contributed by atoms with Crippen LogP contribution in [0.2, 0.25) is 5.02 Å². The van der Waals surface area contributed by atoms with Crippen LogP contribution in [0.4, 0.5) is 5.69 Å². The summed E-state index contributed by atoms with van der Waals surface area (Å²) in [6.07, 6.45) is 7.49. The van der Waals surface area contributed by atoms with Crippen LogP contribution in [-0.4, -0.2) is 18.2 Å². The number of carbonyl (C=O) groups is 2. The average molecular weight is 367 g/mol. The van der Waals surface area contributed by atoms with E-state index in [4.69, 9.17) is 18.0 Å². The van der Waals surface area contributed by atoms with Gasteiger partial charge in [0.25, 0.3) is 5.91 Å². The van der Waals surface area contributed by atoms with Gasteiger partial charge in [-0.15, -0.1) is 6.42 Å². The molecule has 0 heterocycles. The highest BCUT2D eigenvalue weighted by molar-refractivity contribution is 6.37. The summed E-state index contributed by atoms with van der Waals surface area (Å²) in [5.41, 5.74) is 1.70. The second kappa shape index (κ2) is 9.45. The molecule has 4 nitrogen and oxygen atoms in total. The van der Waals surface area contributed by atoms with Gasteiger partial charge in [0.05, 0.1) is 5.02 Å². The number of amides is 1. The number of nitrogens with one attached hydrogen (secondary N) is 2. The van der Waals surface area contributed by atoms with Crippen molar-refractivity contribution < 1.29 is 9.59 Å². The van der Waals surface area contributed by atoms with Gasteiger partial charge in [-0.05, 0) is 42.8 Å². The number of halogens is 1. The fourth-order valence-corrected chi connectivity index (χ4v) is 2.40. The van der Waals surface area contributed by atoms with E-state index in [1.165, 1.54) is 6.20 Å². The van der Waals surface area contributed by atoms with E-state index < -0.39 is 11.7 Å². The van der Waals surface area contributed by atoms with Crippen LogP contribution < -0.4 is 10.6 Å². The molecule has 5 heteroatoms.